The lowest BCUT2D eigenvalue weighted by Gasteiger charge is -2.29. The number of hydrogen-bond acceptors (Lipinski definition) is 3. The number of rotatable bonds is 5. The first-order valence-corrected chi connectivity index (χ1v) is 7.44. The summed E-state index contributed by atoms with van der Waals surface area (Å²) in [7, 11) is 0. The van der Waals surface area contributed by atoms with Crippen LogP contribution in [0.2, 0.25) is 0 Å². The summed E-state index contributed by atoms with van der Waals surface area (Å²) < 4.78 is 0.746. The molecular weight excluding hydrogens is 344 g/mol. The monoisotopic (exact) mass is 364 g/mol. The standard InChI is InChI=1S/C13H21BrN4O.ClH/c1-7(2)10-9(14)11(18-17-10)12(19)16-13(3,6-15)8-4-5-8;/h7-8H,4-6,15H2,1-3H3,(H,16,19)(H,17,18);1H. The summed E-state index contributed by atoms with van der Waals surface area (Å²) in [5.74, 6) is 0.603. The van der Waals surface area contributed by atoms with Crippen molar-refractivity contribution < 1.29 is 4.79 Å². The highest BCUT2D eigenvalue weighted by Gasteiger charge is 2.42. The van der Waals surface area contributed by atoms with Crippen LogP contribution in [0.15, 0.2) is 4.47 Å². The molecule has 0 saturated heterocycles. The van der Waals surface area contributed by atoms with Crippen LogP contribution in [0.4, 0.5) is 0 Å². The molecule has 0 spiro atoms. The van der Waals surface area contributed by atoms with Crippen molar-refractivity contribution in [2.45, 2.75) is 45.1 Å². The second kappa shape index (κ2) is 6.45. The van der Waals surface area contributed by atoms with E-state index in [4.69, 9.17) is 5.73 Å². The number of carbonyl (C=O) groups is 1. The molecule has 1 aliphatic carbocycles. The van der Waals surface area contributed by atoms with Crippen LogP contribution in [0.25, 0.3) is 0 Å². The maximum atomic E-state index is 12.3. The van der Waals surface area contributed by atoms with E-state index in [0.717, 1.165) is 23.0 Å². The summed E-state index contributed by atoms with van der Waals surface area (Å²) in [5, 5.41) is 10.1. The highest BCUT2D eigenvalue weighted by molar-refractivity contribution is 9.10. The molecule has 114 valence electrons. The van der Waals surface area contributed by atoms with Gasteiger partial charge in [-0.2, -0.15) is 5.10 Å². The van der Waals surface area contributed by atoms with E-state index in [1.807, 2.05) is 20.8 Å². The van der Waals surface area contributed by atoms with Gasteiger partial charge >= 0.3 is 0 Å². The normalized spacial score (nSPS) is 17.5. The van der Waals surface area contributed by atoms with Gasteiger partial charge in [0.2, 0.25) is 0 Å². The third-order valence-electron chi connectivity index (χ3n) is 3.83. The van der Waals surface area contributed by atoms with Crippen molar-refractivity contribution >= 4 is 34.2 Å². The van der Waals surface area contributed by atoms with Gasteiger partial charge in [-0.3, -0.25) is 9.89 Å². The predicted molar refractivity (Wildman–Crippen MR) is 85.3 cm³/mol. The Kier molecular flexibility index (Phi) is 5.63. The second-order valence-electron chi connectivity index (χ2n) is 5.80. The number of hydrogen-bond donors (Lipinski definition) is 3. The molecule has 0 radical (unpaired) electrons. The maximum absolute atomic E-state index is 12.3. The lowest BCUT2D eigenvalue weighted by molar-refractivity contribution is 0.0892. The number of nitrogens with one attached hydrogen (secondary N) is 2. The molecule has 1 fully saturated rings. The Morgan fingerprint density at radius 3 is 2.60 bits per heavy atom. The molecule has 4 N–H and O–H groups in total. The zero-order valence-electron chi connectivity index (χ0n) is 12.0. The first kappa shape index (κ1) is 17.5. The predicted octanol–water partition coefficient (Wildman–Crippen LogP) is 2.57. The van der Waals surface area contributed by atoms with E-state index in [1.165, 1.54) is 0 Å². The third-order valence-corrected chi connectivity index (χ3v) is 4.63. The van der Waals surface area contributed by atoms with Crippen molar-refractivity contribution in [1.82, 2.24) is 15.5 Å². The Labute approximate surface area is 134 Å². The molecule has 1 aromatic heterocycles. The number of aromatic nitrogens is 2. The second-order valence-corrected chi connectivity index (χ2v) is 6.60. The van der Waals surface area contributed by atoms with E-state index in [-0.39, 0.29) is 29.8 Å². The number of aromatic amines is 1. The van der Waals surface area contributed by atoms with Gasteiger partial charge in [0.1, 0.15) is 0 Å². The molecule has 1 aliphatic rings. The number of halogens is 2. The molecular formula is C13H22BrClN4O. The van der Waals surface area contributed by atoms with Gasteiger partial charge in [-0.25, -0.2) is 0 Å². The Hall–Kier alpha value is -0.590. The Bertz CT molecular complexity index is 487. The number of amides is 1. The van der Waals surface area contributed by atoms with Crippen LogP contribution in [0.5, 0.6) is 0 Å². The first-order chi connectivity index (χ1) is 8.89. The fourth-order valence-corrected chi connectivity index (χ4v) is 3.05. The van der Waals surface area contributed by atoms with Crippen LogP contribution in [0.1, 0.15) is 55.7 Å². The van der Waals surface area contributed by atoms with E-state index < -0.39 is 0 Å². The molecule has 5 nitrogen and oxygen atoms in total. The zero-order valence-corrected chi connectivity index (χ0v) is 14.4. The van der Waals surface area contributed by atoms with E-state index >= 15 is 0 Å². The summed E-state index contributed by atoms with van der Waals surface area (Å²) in [4.78, 5) is 12.3. The third kappa shape index (κ3) is 3.35. The molecule has 1 aromatic rings. The Morgan fingerprint density at radius 2 is 2.20 bits per heavy atom. The summed E-state index contributed by atoms with van der Waals surface area (Å²) in [6.07, 6.45) is 2.26. The van der Waals surface area contributed by atoms with Gasteiger partial charge in [-0.05, 0) is 47.5 Å². The smallest absolute Gasteiger partial charge is 0.273 e. The van der Waals surface area contributed by atoms with Gasteiger partial charge in [0, 0.05) is 6.54 Å². The molecule has 0 aromatic carbocycles. The minimum absolute atomic E-state index is 0. The minimum Gasteiger partial charge on any atom is -0.344 e. The summed E-state index contributed by atoms with van der Waals surface area (Å²) in [5.41, 5.74) is 6.83. The van der Waals surface area contributed by atoms with Crippen LogP contribution in [0, 0.1) is 5.92 Å². The Morgan fingerprint density at radius 1 is 1.60 bits per heavy atom. The van der Waals surface area contributed by atoms with Crippen molar-refractivity contribution in [2.24, 2.45) is 11.7 Å². The van der Waals surface area contributed by atoms with Crippen LogP contribution in [-0.2, 0) is 0 Å². The summed E-state index contributed by atoms with van der Waals surface area (Å²) in [6, 6.07) is 0. The van der Waals surface area contributed by atoms with Gasteiger partial charge in [0.15, 0.2) is 5.69 Å². The molecule has 1 atom stereocenters. The molecule has 1 unspecified atom stereocenters. The molecule has 7 heteroatoms. The Balaban J connectivity index is 0.00000200. The molecule has 0 bridgehead atoms. The molecule has 1 saturated carbocycles. The van der Waals surface area contributed by atoms with Gasteiger partial charge < -0.3 is 11.1 Å². The van der Waals surface area contributed by atoms with Gasteiger partial charge in [0.05, 0.1) is 15.7 Å². The minimum atomic E-state index is -0.326. The first-order valence-electron chi connectivity index (χ1n) is 6.65. The van der Waals surface area contributed by atoms with Crippen LogP contribution in [-0.4, -0.2) is 28.2 Å². The quantitative estimate of drug-likeness (QED) is 0.750. The highest BCUT2D eigenvalue weighted by Crippen LogP contribution is 2.39. The number of H-pyrrole nitrogens is 1. The summed E-state index contributed by atoms with van der Waals surface area (Å²) in [6.45, 7) is 6.55. The molecule has 1 heterocycles. The largest absolute Gasteiger partial charge is 0.344 e. The fraction of sp³-hybridized carbons (Fsp3) is 0.692. The molecule has 1 amide bonds. The van der Waals surface area contributed by atoms with E-state index in [2.05, 4.69) is 31.4 Å². The van der Waals surface area contributed by atoms with Crippen molar-refractivity contribution in [3.63, 3.8) is 0 Å². The van der Waals surface area contributed by atoms with Crippen molar-refractivity contribution in [1.29, 1.82) is 0 Å². The van der Waals surface area contributed by atoms with E-state index in [0.29, 0.717) is 18.2 Å². The molecule has 20 heavy (non-hydrogen) atoms. The lowest BCUT2D eigenvalue weighted by atomic mass is 9.96. The van der Waals surface area contributed by atoms with Gasteiger partial charge in [-0.1, -0.05) is 13.8 Å². The average molecular weight is 366 g/mol. The topological polar surface area (TPSA) is 83.8 Å². The van der Waals surface area contributed by atoms with E-state index in [1.54, 1.807) is 0 Å². The van der Waals surface area contributed by atoms with Crippen LogP contribution >= 0.6 is 28.3 Å². The fourth-order valence-electron chi connectivity index (χ4n) is 2.23. The van der Waals surface area contributed by atoms with Crippen molar-refractivity contribution in [3.05, 3.63) is 15.9 Å². The van der Waals surface area contributed by atoms with Crippen LogP contribution < -0.4 is 11.1 Å². The summed E-state index contributed by atoms with van der Waals surface area (Å²) >= 11 is 3.45. The average Bonchev–Trinajstić information content (AvgIpc) is 3.12. The molecule has 0 aliphatic heterocycles. The van der Waals surface area contributed by atoms with Gasteiger partial charge in [0.25, 0.3) is 5.91 Å². The van der Waals surface area contributed by atoms with E-state index in [9.17, 15) is 4.79 Å². The number of carbonyl (C=O) groups excluding carboxylic acids is 1. The van der Waals surface area contributed by atoms with Gasteiger partial charge in [-0.15, -0.1) is 12.4 Å². The SMILES string of the molecule is CC(C)c1[nH]nc(C(=O)NC(C)(CN)C2CC2)c1Br.Cl. The zero-order chi connectivity index (χ0) is 14.2. The lowest BCUT2D eigenvalue weighted by Crippen LogP contribution is -2.53. The van der Waals surface area contributed by atoms with Crippen molar-refractivity contribution in [3.8, 4) is 0 Å². The number of nitrogens with zero attached hydrogens (tertiary/aromatic N) is 1. The molecule has 2 rings (SSSR count). The van der Waals surface area contributed by atoms with Crippen molar-refractivity contribution in [2.75, 3.05) is 6.54 Å². The maximum Gasteiger partial charge on any atom is 0.273 e. The number of nitrogens with two attached hydrogens (primary N) is 1. The van der Waals surface area contributed by atoms with Crippen LogP contribution in [0.3, 0.4) is 0 Å². The highest BCUT2D eigenvalue weighted by atomic mass is 79.9.